The third kappa shape index (κ3) is 5.38. The van der Waals surface area contributed by atoms with Gasteiger partial charge >= 0.3 is 0 Å². The first-order valence-electron chi connectivity index (χ1n) is 11.8. The number of carbonyl (C=O) groups excluding carboxylic acids is 2. The van der Waals surface area contributed by atoms with E-state index in [1.807, 2.05) is 66.7 Å². The molecule has 0 amide bonds. The number of hydrogen-bond donors (Lipinski definition) is 1. The summed E-state index contributed by atoms with van der Waals surface area (Å²) in [6.07, 6.45) is 2.77. The first-order valence-corrected chi connectivity index (χ1v) is 11.8. The van der Waals surface area contributed by atoms with Crippen LogP contribution in [0.4, 0.5) is 0 Å². The minimum atomic E-state index is -1.01. The molecule has 182 valence electrons. The molecule has 0 unspecified atom stereocenters. The number of aliphatic hydroxyl groups is 1. The van der Waals surface area contributed by atoms with Crippen molar-refractivity contribution < 1.29 is 24.2 Å². The van der Waals surface area contributed by atoms with Crippen molar-refractivity contribution in [2.45, 2.75) is 52.9 Å². The lowest BCUT2D eigenvalue weighted by molar-refractivity contribution is -0.141. The molecular formula is C29H36O5. The zero-order valence-electron chi connectivity index (χ0n) is 20.4. The van der Waals surface area contributed by atoms with E-state index in [1.54, 1.807) is 0 Å². The molecule has 34 heavy (non-hydrogen) atoms. The Morgan fingerprint density at radius 3 is 1.79 bits per heavy atom. The summed E-state index contributed by atoms with van der Waals surface area (Å²) in [5, 5.41) is 11.4. The van der Waals surface area contributed by atoms with Crippen LogP contribution in [0.2, 0.25) is 0 Å². The quantitative estimate of drug-likeness (QED) is 0.357. The van der Waals surface area contributed by atoms with Gasteiger partial charge in [0, 0.05) is 23.7 Å². The standard InChI is InChI=1S/C29H36O5/c1-27(2,3)25-18-26(32)29(15-17-31,22-34-20-24-12-8-5-9-13-24)28(25,14-16-30)21-33-19-23-10-6-4-7-11-23/h4-13,16-18,26,32H,14-15,19-22H2,1-3H3/t26-,28+,29-/m1/s1. The number of rotatable bonds is 12. The van der Waals surface area contributed by atoms with Crippen LogP contribution in [0.5, 0.6) is 0 Å². The number of ether oxygens (including phenoxy) is 2. The molecule has 5 heteroatoms. The molecule has 1 aliphatic rings. The van der Waals surface area contributed by atoms with Crippen molar-refractivity contribution >= 4 is 12.6 Å². The summed E-state index contributed by atoms with van der Waals surface area (Å²) in [6.45, 7) is 7.22. The van der Waals surface area contributed by atoms with Gasteiger partial charge in [-0.2, -0.15) is 0 Å². The third-order valence-electron chi connectivity index (χ3n) is 6.98. The number of hydrogen-bond acceptors (Lipinski definition) is 5. The van der Waals surface area contributed by atoms with E-state index < -0.39 is 16.9 Å². The zero-order chi connectivity index (χ0) is 24.7. The summed E-state index contributed by atoms with van der Waals surface area (Å²) >= 11 is 0. The Morgan fingerprint density at radius 1 is 0.824 bits per heavy atom. The summed E-state index contributed by atoms with van der Waals surface area (Å²) in [6, 6.07) is 19.6. The fraction of sp³-hybridized carbons (Fsp3) is 0.448. The van der Waals surface area contributed by atoms with E-state index in [4.69, 9.17) is 9.47 Å². The summed E-state index contributed by atoms with van der Waals surface area (Å²) in [5.41, 5.74) is 0.719. The van der Waals surface area contributed by atoms with Gasteiger partial charge in [0.15, 0.2) is 0 Å². The van der Waals surface area contributed by atoms with Crippen LogP contribution in [0.3, 0.4) is 0 Å². The first-order chi connectivity index (χ1) is 16.3. The average molecular weight is 465 g/mol. The fourth-order valence-corrected chi connectivity index (χ4v) is 5.32. The van der Waals surface area contributed by atoms with E-state index in [0.29, 0.717) is 13.2 Å². The van der Waals surface area contributed by atoms with Crippen LogP contribution < -0.4 is 0 Å². The smallest absolute Gasteiger partial charge is 0.120 e. The highest BCUT2D eigenvalue weighted by Gasteiger charge is 2.62. The normalized spacial score (nSPS) is 24.6. The molecule has 1 N–H and O–H groups in total. The van der Waals surface area contributed by atoms with Gasteiger partial charge in [-0.15, -0.1) is 0 Å². The van der Waals surface area contributed by atoms with Gasteiger partial charge in [-0.05, 0) is 16.5 Å². The van der Waals surface area contributed by atoms with E-state index in [2.05, 4.69) is 20.8 Å². The van der Waals surface area contributed by atoms with Gasteiger partial charge in [0.1, 0.15) is 12.6 Å². The summed E-state index contributed by atoms with van der Waals surface area (Å²) in [7, 11) is 0. The van der Waals surface area contributed by atoms with E-state index in [-0.39, 0.29) is 31.5 Å². The molecule has 0 aliphatic heterocycles. The maximum absolute atomic E-state index is 12.1. The van der Waals surface area contributed by atoms with Gasteiger partial charge in [0.2, 0.25) is 0 Å². The Balaban J connectivity index is 1.95. The predicted octanol–water partition coefficient (Wildman–Crippen LogP) is 4.92. The Kier molecular flexibility index (Phi) is 8.58. The van der Waals surface area contributed by atoms with Crippen LogP contribution in [0.25, 0.3) is 0 Å². The lowest BCUT2D eigenvalue weighted by Gasteiger charge is -2.50. The van der Waals surface area contributed by atoms with E-state index in [1.165, 1.54) is 0 Å². The number of benzene rings is 2. The lowest BCUT2D eigenvalue weighted by atomic mass is 9.56. The Bertz CT molecular complexity index is 963. The molecule has 2 aromatic rings. The van der Waals surface area contributed by atoms with Crippen molar-refractivity contribution in [2.24, 2.45) is 16.2 Å². The molecule has 0 heterocycles. The fourth-order valence-electron chi connectivity index (χ4n) is 5.32. The highest BCUT2D eigenvalue weighted by atomic mass is 16.5. The van der Waals surface area contributed by atoms with Gasteiger partial charge in [-0.25, -0.2) is 0 Å². The highest BCUT2D eigenvalue weighted by molar-refractivity contribution is 5.59. The Labute approximate surface area is 202 Å². The van der Waals surface area contributed by atoms with Gasteiger partial charge in [0.25, 0.3) is 0 Å². The van der Waals surface area contributed by atoms with Crippen LogP contribution in [-0.4, -0.2) is 37.0 Å². The maximum Gasteiger partial charge on any atom is 0.120 e. The second-order valence-electron chi connectivity index (χ2n) is 10.2. The van der Waals surface area contributed by atoms with E-state index in [0.717, 1.165) is 29.3 Å². The van der Waals surface area contributed by atoms with E-state index in [9.17, 15) is 14.7 Å². The van der Waals surface area contributed by atoms with Crippen molar-refractivity contribution in [1.82, 2.24) is 0 Å². The van der Waals surface area contributed by atoms with Gasteiger partial charge < -0.3 is 24.2 Å². The third-order valence-corrected chi connectivity index (χ3v) is 6.98. The van der Waals surface area contributed by atoms with Gasteiger partial charge in [0.05, 0.1) is 32.5 Å². The second-order valence-corrected chi connectivity index (χ2v) is 10.2. The van der Waals surface area contributed by atoms with Crippen molar-refractivity contribution in [3.05, 3.63) is 83.4 Å². The van der Waals surface area contributed by atoms with Gasteiger partial charge in [-0.3, -0.25) is 0 Å². The maximum atomic E-state index is 12.1. The largest absolute Gasteiger partial charge is 0.388 e. The number of aliphatic hydroxyl groups excluding tert-OH is 1. The van der Waals surface area contributed by atoms with Crippen molar-refractivity contribution in [1.29, 1.82) is 0 Å². The molecule has 0 fully saturated rings. The average Bonchev–Trinajstić information content (AvgIpc) is 3.04. The molecule has 0 spiro atoms. The Morgan fingerprint density at radius 2 is 1.32 bits per heavy atom. The molecule has 0 saturated carbocycles. The molecular weight excluding hydrogens is 428 g/mol. The monoisotopic (exact) mass is 464 g/mol. The summed E-state index contributed by atoms with van der Waals surface area (Å²) < 4.78 is 12.4. The van der Waals surface area contributed by atoms with Crippen molar-refractivity contribution in [2.75, 3.05) is 13.2 Å². The van der Waals surface area contributed by atoms with Crippen LogP contribution in [0, 0.1) is 16.2 Å². The Hall–Kier alpha value is -2.60. The number of aldehydes is 2. The molecule has 0 radical (unpaired) electrons. The van der Waals surface area contributed by atoms with Crippen LogP contribution in [0.15, 0.2) is 72.3 Å². The number of carbonyl (C=O) groups is 2. The first kappa shape index (κ1) is 26.0. The summed E-state index contributed by atoms with van der Waals surface area (Å²) in [5.74, 6) is 0. The highest BCUT2D eigenvalue weighted by Crippen LogP contribution is 2.61. The molecule has 3 rings (SSSR count). The summed E-state index contributed by atoms with van der Waals surface area (Å²) in [4.78, 5) is 24.0. The van der Waals surface area contributed by atoms with Crippen LogP contribution in [0.1, 0.15) is 44.7 Å². The lowest BCUT2D eigenvalue weighted by Crippen LogP contribution is -2.53. The SMILES string of the molecule is CC(C)(C)C1=C[C@@H](O)[C@@](CC=O)(COCc2ccccc2)[C@@]1(CC=O)COCc1ccccc1. The minimum Gasteiger partial charge on any atom is -0.388 e. The molecule has 0 bridgehead atoms. The molecule has 0 saturated heterocycles. The minimum absolute atomic E-state index is 0.0571. The van der Waals surface area contributed by atoms with Crippen LogP contribution in [-0.2, 0) is 32.3 Å². The van der Waals surface area contributed by atoms with Crippen molar-refractivity contribution in [3.8, 4) is 0 Å². The van der Waals surface area contributed by atoms with Crippen LogP contribution >= 0.6 is 0 Å². The van der Waals surface area contributed by atoms with Gasteiger partial charge in [-0.1, -0.05) is 93.1 Å². The molecule has 2 aromatic carbocycles. The second kappa shape index (κ2) is 11.2. The zero-order valence-corrected chi connectivity index (χ0v) is 20.4. The van der Waals surface area contributed by atoms with E-state index >= 15 is 0 Å². The molecule has 5 nitrogen and oxygen atoms in total. The molecule has 3 atom stereocenters. The molecule has 1 aliphatic carbocycles. The topological polar surface area (TPSA) is 72.8 Å². The predicted molar refractivity (Wildman–Crippen MR) is 132 cm³/mol. The van der Waals surface area contributed by atoms with Crippen molar-refractivity contribution in [3.63, 3.8) is 0 Å². The molecule has 0 aromatic heterocycles.